The van der Waals surface area contributed by atoms with Gasteiger partial charge >= 0.3 is 0 Å². The number of pyridine rings is 1. The van der Waals surface area contributed by atoms with Gasteiger partial charge in [0.05, 0.1) is 6.10 Å². The summed E-state index contributed by atoms with van der Waals surface area (Å²) in [5.74, 6) is 1.16. The number of rotatable bonds is 2. The molecule has 2 atom stereocenters. The number of aromatic nitrogens is 1. The van der Waals surface area contributed by atoms with E-state index in [1.54, 1.807) is 12.4 Å². The van der Waals surface area contributed by atoms with Gasteiger partial charge in [0.25, 0.3) is 0 Å². The zero-order valence-electron chi connectivity index (χ0n) is 8.31. The van der Waals surface area contributed by atoms with Crippen molar-refractivity contribution in [1.82, 2.24) is 4.98 Å². The summed E-state index contributed by atoms with van der Waals surface area (Å²) in [6.07, 6.45) is 5.41. The van der Waals surface area contributed by atoms with E-state index in [1.807, 2.05) is 23.9 Å². The molecule has 0 amide bonds. The van der Waals surface area contributed by atoms with E-state index < -0.39 is 0 Å². The minimum Gasteiger partial charge on any atom is -0.387 e. The van der Waals surface area contributed by atoms with E-state index in [0.717, 1.165) is 17.7 Å². The predicted molar refractivity (Wildman–Crippen MR) is 59.3 cm³/mol. The lowest BCUT2D eigenvalue weighted by molar-refractivity contribution is 0.134. The minimum absolute atomic E-state index is 0.0109. The Hall–Kier alpha value is -0.540. The van der Waals surface area contributed by atoms with Gasteiger partial charge in [-0.15, -0.1) is 0 Å². The summed E-state index contributed by atoms with van der Waals surface area (Å²) in [4.78, 5) is 4.04. The molecule has 0 bridgehead atoms. The highest BCUT2D eigenvalue weighted by molar-refractivity contribution is 8.00. The van der Waals surface area contributed by atoms with Crippen LogP contribution in [-0.2, 0) is 0 Å². The quantitative estimate of drug-likeness (QED) is 0.812. The lowest BCUT2D eigenvalue weighted by Crippen LogP contribution is -2.26. The van der Waals surface area contributed by atoms with Gasteiger partial charge in [-0.3, -0.25) is 4.98 Å². The summed E-state index contributed by atoms with van der Waals surface area (Å²) in [5, 5.41) is 10.2. The van der Waals surface area contributed by atoms with Crippen molar-refractivity contribution in [3.63, 3.8) is 0 Å². The summed E-state index contributed by atoms with van der Waals surface area (Å²) in [6.45, 7) is 2.14. The average molecular weight is 209 g/mol. The Kier molecular flexibility index (Phi) is 2.79. The zero-order valence-corrected chi connectivity index (χ0v) is 9.13. The zero-order chi connectivity index (χ0) is 10.0. The highest BCUT2D eigenvalue weighted by Gasteiger charge is 2.37. The van der Waals surface area contributed by atoms with Crippen LogP contribution < -0.4 is 0 Å². The molecule has 0 radical (unpaired) electrons. The first-order chi connectivity index (χ1) is 6.72. The van der Waals surface area contributed by atoms with E-state index in [0.29, 0.717) is 0 Å². The van der Waals surface area contributed by atoms with E-state index in [2.05, 4.69) is 11.9 Å². The molecular formula is C11H15NOS. The smallest absolute Gasteiger partial charge is 0.0948 e. The fourth-order valence-corrected chi connectivity index (χ4v) is 3.24. The maximum atomic E-state index is 10.2. The fourth-order valence-electron chi connectivity index (χ4n) is 1.91. The van der Waals surface area contributed by atoms with Crippen LogP contribution >= 0.6 is 11.8 Å². The standard InChI is InChI=1S/C11H15NOS/c1-11(5-3-7-14-11)10(13)9-4-2-6-12-8-9/h2,4,6,8,10,13H,3,5,7H2,1H3. The molecule has 2 heterocycles. The van der Waals surface area contributed by atoms with Gasteiger partial charge in [0, 0.05) is 22.7 Å². The maximum absolute atomic E-state index is 10.2. The van der Waals surface area contributed by atoms with Crippen molar-refractivity contribution < 1.29 is 5.11 Å². The predicted octanol–water partition coefficient (Wildman–Crippen LogP) is 2.40. The Morgan fingerprint density at radius 1 is 1.64 bits per heavy atom. The van der Waals surface area contributed by atoms with Gasteiger partial charge in [-0.2, -0.15) is 11.8 Å². The second kappa shape index (κ2) is 3.91. The van der Waals surface area contributed by atoms with Gasteiger partial charge in [0.1, 0.15) is 0 Å². The minimum atomic E-state index is -0.385. The fraction of sp³-hybridized carbons (Fsp3) is 0.545. The molecule has 1 aromatic rings. The number of aliphatic hydroxyl groups is 1. The van der Waals surface area contributed by atoms with E-state index >= 15 is 0 Å². The van der Waals surface area contributed by atoms with Crippen LogP contribution in [0.5, 0.6) is 0 Å². The van der Waals surface area contributed by atoms with Crippen LogP contribution in [0, 0.1) is 0 Å². The van der Waals surface area contributed by atoms with Gasteiger partial charge in [-0.25, -0.2) is 0 Å². The number of thioether (sulfide) groups is 1. The molecule has 2 rings (SSSR count). The van der Waals surface area contributed by atoms with Crippen LogP contribution in [-0.4, -0.2) is 20.6 Å². The Morgan fingerprint density at radius 3 is 3.07 bits per heavy atom. The first-order valence-electron chi connectivity index (χ1n) is 4.94. The SMILES string of the molecule is CC1(C(O)c2cccnc2)CCCS1. The van der Waals surface area contributed by atoms with Gasteiger partial charge in [0.15, 0.2) is 0 Å². The molecule has 1 aliphatic rings. The van der Waals surface area contributed by atoms with Gasteiger partial charge in [-0.1, -0.05) is 6.07 Å². The second-order valence-corrected chi connectivity index (χ2v) is 5.58. The summed E-state index contributed by atoms with van der Waals surface area (Å²) in [5.41, 5.74) is 0.935. The normalized spacial score (nSPS) is 29.0. The highest BCUT2D eigenvalue weighted by atomic mass is 32.2. The van der Waals surface area contributed by atoms with Crippen LogP contribution in [0.25, 0.3) is 0 Å². The molecule has 3 heteroatoms. The molecule has 0 aromatic carbocycles. The van der Waals surface area contributed by atoms with Crippen molar-refractivity contribution in [3.8, 4) is 0 Å². The Morgan fingerprint density at radius 2 is 2.50 bits per heavy atom. The molecule has 1 aromatic heterocycles. The number of hydrogen-bond acceptors (Lipinski definition) is 3. The van der Waals surface area contributed by atoms with Crippen LogP contribution in [0.15, 0.2) is 24.5 Å². The lowest BCUT2D eigenvalue weighted by atomic mass is 9.94. The second-order valence-electron chi connectivity index (χ2n) is 3.95. The molecule has 0 spiro atoms. The molecule has 1 aliphatic heterocycles. The van der Waals surface area contributed by atoms with E-state index in [9.17, 15) is 5.11 Å². The van der Waals surface area contributed by atoms with Crippen molar-refractivity contribution >= 4 is 11.8 Å². The topological polar surface area (TPSA) is 33.1 Å². The van der Waals surface area contributed by atoms with E-state index in [1.165, 1.54) is 6.42 Å². The molecule has 2 nitrogen and oxygen atoms in total. The highest BCUT2D eigenvalue weighted by Crippen LogP contribution is 2.46. The van der Waals surface area contributed by atoms with Crippen LogP contribution in [0.1, 0.15) is 31.4 Å². The molecule has 76 valence electrons. The lowest BCUT2D eigenvalue weighted by Gasteiger charge is -2.29. The Balaban J connectivity index is 2.19. The van der Waals surface area contributed by atoms with E-state index in [4.69, 9.17) is 0 Å². The summed E-state index contributed by atoms with van der Waals surface area (Å²) in [7, 11) is 0. The van der Waals surface area contributed by atoms with Crippen molar-refractivity contribution in [1.29, 1.82) is 0 Å². The van der Waals surface area contributed by atoms with Gasteiger partial charge < -0.3 is 5.11 Å². The third kappa shape index (κ3) is 1.79. The van der Waals surface area contributed by atoms with Crippen LogP contribution in [0.3, 0.4) is 0 Å². The van der Waals surface area contributed by atoms with Gasteiger partial charge in [0.2, 0.25) is 0 Å². The van der Waals surface area contributed by atoms with E-state index in [-0.39, 0.29) is 10.9 Å². The molecule has 1 fully saturated rings. The largest absolute Gasteiger partial charge is 0.387 e. The van der Waals surface area contributed by atoms with Gasteiger partial charge in [-0.05, 0) is 31.6 Å². The summed E-state index contributed by atoms with van der Waals surface area (Å²) in [6, 6.07) is 3.82. The Bertz CT molecular complexity index is 295. The van der Waals surface area contributed by atoms with Crippen LogP contribution in [0.2, 0.25) is 0 Å². The molecule has 14 heavy (non-hydrogen) atoms. The molecule has 2 unspecified atom stereocenters. The molecule has 0 aliphatic carbocycles. The maximum Gasteiger partial charge on any atom is 0.0948 e. The van der Waals surface area contributed by atoms with Crippen LogP contribution in [0.4, 0.5) is 0 Å². The van der Waals surface area contributed by atoms with Crippen molar-refractivity contribution in [2.45, 2.75) is 30.6 Å². The third-order valence-corrected chi connectivity index (χ3v) is 4.41. The molecular weight excluding hydrogens is 194 g/mol. The number of nitrogens with zero attached hydrogens (tertiary/aromatic N) is 1. The number of aliphatic hydroxyl groups excluding tert-OH is 1. The first kappa shape index (κ1) is 9.99. The van der Waals surface area contributed by atoms with Crippen molar-refractivity contribution in [2.75, 3.05) is 5.75 Å². The number of hydrogen-bond donors (Lipinski definition) is 1. The molecule has 1 N–H and O–H groups in total. The van der Waals surface area contributed by atoms with Crippen molar-refractivity contribution in [3.05, 3.63) is 30.1 Å². The summed E-state index contributed by atoms with van der Waals surface area (Å²) < 4.78 is -0.0109. The molecule has 0 saturated carbocycles. The van der Waals surface area contributed by atoms with Crippen molar-refractivity contribution in [2.24, 2.45) is 0 Å². The molecule has 1 saturated heterocycles. The average Bonchev–Trinajstić information content (AvgIpc) is 2.67. The monoisotopic (exact) mass is 209 g/mol. The Labute approximate surface area is 88.8 Å². The first-order valence-corrected chi connectivity index (χ1v) is 5.93. The third-order valence-electron chi connectivity index (χ3n) is 2.83. The summed E-state index contributed by atoms with van der Waals surface area (Å²) >= 11 is 1.87.